The molecule has 1 N–H and O–H groups in total. The van der Waals surface area contributed by atoms with E-state index < -0.39 is 0 Å². The summed E-state index contributed by atoms with van der Waals surface area (Å²) >= 11 is 0. The molecule has 0 spiro atoms. The van der Waals surface area contributed by atoms with E-state index in [1.807, 2.05) is 17.7 Å². The molecule has 6 heteroatoms. The van der Waals surface area contributed by atoms with Crippen molar-refractivity contribution in [3.05, 3.63) is 47.2 Å². The van der Waals surface area contributed by atoms with Gasteiger partial charge in [-0.15, -0.1) is 5.10 Å². The fraction of sp³-hybridized carbons (Fsp3) is 0.450. The van der Waals surface area contributed by atoms with Gasteiger partial charge in [0.2, 0.25) is 5.88 Å². The number of aromatic nitrogens is 2. The van der Waals surface area contributed by atoms with Gasteiger partial charge in [-0.05, 0) is 43.0 Å². The normalized spacial score (nSPS) is 18.5. The Hall–Kier alpha value is -2.15. The molecule has 138 valence electrons. The summed E-state index contributed by atoms with van der Waals surface area (Å²) < 4.78 is 13.0. The minimum absolute atomic E-state index is 0.0108. The molecule has 0 bridgehead atoms. The average Bonchev–Trinajstić information content (AvgIpc) is 3.02. The highest BCUT2D eigenvalue weighted by atomic mass is 16.6. The predicted molar refractivity (Wildman–Crippen MR) is 98.6 cm³/mol. The van der Waals surface area contributed by atoms with Crippen molar-refractivity contribution in [3.8, 4) is 11.6 Å². The van der Waals surface area contributed by atoms with Gasteiger partial charge < -0.3 is 9.47 Å². The Kier molecular flexibility index (Phi) is 4.80. The van der Waals surface area contributed by atoms with Crippen LogP contribution >= 0.6 is 0 Å². The SMILES string of the molecule is Cc1cc(OCC[N+]2(O)CCOCC2)nn1-c1ccc2c(c1)C=CCC2. The molecule has 0 unspecified atom stereocenters. The molecule has 0 saturated carbocycles. The summed E-state index contributed by atoms with van der Waals surface area (Å²) in [6.07, 6.45) is 6.62. The molecule has 1 aliphatic carbocycles. The second-order valence-corrected chi connectivity index (χ2v) is 7.09. The zero-order valence-electron chi connectivity index (χ0n) is 15.2. The van der Waals surface area contributed by atoms with E-state index in [0.717, 1.165) is 24.2 Å². The molecule has 0 atom stereocenters. The third-order valence-electron chi connectivity index (χ3n) is 5.18. The summed E-state index contributed by atoms with van der Waals surface area (Å²) in [5.41, 5.74) is 4.73. The fourth-order valence-corrected chi connectivity index (χ4v) is 3.55. The number of allylic oxidation sites excluding steroid dienone is 1. The number of nitrogens with zero attached hydrogens (tertiary/aromatic N) is 3. The molecule has 4 rings (SSSR count). The number of benzene rings is 1. The maximum Gasteiger partial charge on any atom is 0.233 e. The standard InChI is InChI=1S/C20H26N3O3/c1-16-14-20(26-13-10-23(24)8-11-25-12-9-23)21-22(16)19-7-6-17-4-2-3-5-18(17)15-19/h3,5-7,14-15,24H,2,4,8-13H2,1H3/q+1. The van der Waals surface area contributed by atoms with Crippen LogP contribution in [0.2, 0.25) is 0 Å². The number of aryl methyl sites for hydroxylation is 2. The highest BCUT2D eigenvalue weighted by Gasteiger charge is 2.28. The van der Waals surface area contributed by atoms with E-state index >= 15 is 0 Å². The Labute approximate surface area is 153 Å². The van der Waals surface area contributed by atoms with Gasteiger partial charge in [0, 0.05) is 11.8 Å². The number of ether oxygens (including phenoxy) is 2. The van der Waals surface area contributed by atoms with Gasteiger partial charge in [0.05, 0.1) is 18.9 Å². The summed E-state index contributed by atoms with van der Waals surface area (Å²) in [5, 5.41) is 15.0. The van der Waals surface area contributed by atoms with Crippen LogP contribution in [0.1, 0.15) is 23.2 Å². The van der Waals surface area contributed by atoms with Crippen LogP contribution in [-0.4, -0.2) is 59.1 Å². The lowest BCUT2D eigenvalue weighted by Crippen LogP contribution is -2.54. The number of hydrogen-bond donors (Lipinski definition) is 1. The van der Waals surface area contributed by atoms with Crippen LogP contribution in [0.25, 0.3) is 11.8 Å². The summed E-state index contributed by atoms with van der Waals surface area (Å²) in [6, 6.07) is 8.42. The van der Waals surface area contributed by atoms with Crippen LogP contribution in [0.4, 0.5) is 0 Å². The fourth-order valence-electron chi connectivity index (χ4n) is 3.55. The van der Waals surface area contributed by atoms with Crippen LogP contribution in [-0.2, 0) is 11.2 Å². The van der Waals surface area contributed by atoms with Gasteiger partial charge in [0.1, 0.15) is 26.2 Å². The minimum Gasteiger partial charge on any atom is -0.470 e. The van der Waals surface area contributed by atoms with E-state index in [9.17, 15) is 5.21 Å². The van der Waals surface area contributed by atoms with Crippen molar-refractivity contribution < 1.29 is 19.3 Å². The van der Waals surface area contributed by atoms with E-state index in [0.29, 0.717) is 45.3 Å². The third-order valence-corrected chi connectivity index (χ3v) is 5.18. The Bertz CT molecular complexity index is 807. The summed E-state index contributed by atoms with van der Waals surface area (Å²) in [4.78, 5) is 0. The Morgan fingerprint density at radius 2 is 2.12 bits per heavy atom. The number of fused-ring (bicyclic) bond motifs is 1. The first kappa shape index (κ1) is 17.3. The van der Waals surface area contributed by atoms with Gasteiger partial charge in [-0.2, -0.15) is 4.65 Å². The Morgan fingerprint density at radius 3 is 2.96 bits per heavy atom. The molecule has 2 aromatic rings. The molecule has 0 radical (unpaired) electrons. The van der Waals surface area contributed by atoms with Gasteiger partial charge in [-0.25, -0.2) is 9.89 Å². The van der Waals surface area contributed by atoms with Crippen molar-refractivity contribution in [1.82, 2.24) is 9.78 Å². The molecule has 1 fully saturated rings. The molecule has 1 saturated heterocycles. The van der Waals surface area contributed by atoms with Gasteiger partial charge in [0.25, 0.3) is 0 Å². The van der Waals surface area contributed by atoms with Crippen LogP contribution < -0.4 is 4.74 Å². The molecule has 2 aliphatic rings. The van der Waals surface area contributed by atoms with Crippen LogP contribution in [0.15, 0.2) is 30.3 Å². The van der Waals surface area contributed by atoms with Crippen molar-refractivity contribution in [2.45, 2.75) is 19.8 Å². The van der Waals surface area contributed by atoms with Crippen molar-refractivity contribution in [2.75, 3.05) is 39.5 Å². The maximum atomic E-state index is 10.4. The number of rotatable bonds is 5. The first-order valence-electron chi connectivity index (χ1n) is 9.29. The molecule has 1 aromatic heterocycles. The van der Waals surface area contributed by atoms with E-state index in [2.05, 4.69) is 35.4 Å². The lowest BCUT2D eigenvalue weighted by atomic mass is 9.97. The van der Waals surface area contributed by atoms with Crippen molar-refractivity contribution in [2.24, 2.45) is 0 Å². The summed E-state index contributed by atoms with van der Waals surface area (Å²) in [7, 11) is 0. The molecule has 1 aliphatic heterocycles. The number of hydroxylamine groups is 3. The van der Waals surface area contributed by atoms with Gasteiger partial charge in [0.15, 0.2) is 0 Å². The Balaban J connectivity index is 1.43. The number of morpholine rings is 1. The van der Waals surface area contributed by atoms with Crippen molar-refractivity contribution >= 4 is 6.08 Å². The third kappa shape index (κ3) is 3.67. The van der Waals surface area contributed by atoms with Crippen LogP contribution in [0, 0.1) is 6.92 Å². The zero-order chi connectivity index (χ0) is 18.0. The molecule has 0 amide bonds. The first-order chi connectivity index (χ1) is 12.6. The summed E-state index contributed by atoms with van der Waals surface area (Å²) in [5.74, 6) is 0.593. The first-order valence-corrected chi connectivity index (χ1v) is 9.29. The number of quaternary nitrogens is 1. The predicted octanol–water partition coefficient (Wildman–Crippen LogP) is 2.76. The average molecular weight is 356 g/mol. The highest BCUT2D eigenvalue weighted by molar-refractivity contribution is 5.59. The molecule has 2 heterocycles. The van der Waals surface area contributed by atoms with Crippen LogP contribution in [0.3, 0.4) is 0 Å². The molecular formula is C20H26N3O3+. The van der Waals surface area contributed by atoms with Crippen molar-refractivity contribution in [1.29, 1.82) is 0 Å². The number of hydrogen-bond acceptors (Lipinski definition) is 4. The maximum absolute atomic E-state index is 10.4. The molecule has 26 heavy (non-hydrogen) atoms. The van der Waals surface area contributed by atoms with E-state index in [-0.39, 0.29) is 4.65 Å². The topological polar surface area (TPSA) is 56.5 Å². The van der Waals surface area contributed by atoms with E-state index in [4.69, 9.17) is 9.47 Å². The van der Waals surface area contributed by atoms with Gasteiger partial charge in [-0.1, -0.05) is 18.2 Å². The lowest BCUT2D eigenvalue weighted by Gasteiger charge is -2.32. The van der Waals surface area contributed by atoms with E-state index in [1.54, 1.807) is 0 Å². The molecular weight excluding hydrogens is 330 g/mol. The highest BCUT2D eigenvalue weighted by Crippen LogP contribution is 2.24. The molecule has 6 nitrogen and oxygen atoms in total. The second kappa shape index (κ2) is 7.23. The monoisotopic (exact) mass is 356 g/mol. The molecule has 1 aromatic carbocycles. The van der Waals surface area contributed by atoms with E-state index in [1.165, 1.54) is 11.1 Å². The minimum atomic E-state index is 0.0108. The second-order valence-electron chi connectivity index (χ2n) is 7.09. The smallest absolute Gasteiger partial charge is 0.233 e. The van der Waals surface area contributed by atoms with Crippen LogP contribution in [0.5, 0.6) is 5.88 Å². The largest absolute Gasteiger partial charge is 0.470 e. The van der Waals surface area contributed by atoms with Gasteiger partial charge >= 0.3 is 0 Å². The Morgan fingerprint density at radius 1 is 1.27 bits per heavy atom. The quantitative estimate of drug-likeness (QED) is 0.837. The van der Waals surface area contributed by atoms with Gasteiger partial charge in [-0.3, -0.25) is 0 Å². The zero-order valence-corrected chi connectivity index (χ0v) is 15.2. The van der Waals surface area contributed by atoms with Crippen molar-refractivity contribution in [3.63, 3.8) is 0 Å². The lowest BCUT2D eigenvalue weighted by molar-refractivity contribution is -1.11. The summed E-state index contributed by atoms with van der Waals surface area (Å²) in [6.45, 7) is 5.41.